The number of hydrogen-bond donors (Lipinski definition) is 0. The van der Waals surface area contributed by atoms with E-state index in [1.54, 1.807) is 48.5 Å². The molecule has 0 fully saturated rings. The quantitative estimate of drug-likeness (QED) is 0.0538. The van der Waals surface area contributed by atoms with Gasteiger partial charge in [0.25, 0.3) is 47.3 Å². The molecular weight excluding hydrogens is 905 g/mol. The fourth-order valence-electron chi connectivity index (χ4n) is 12.8. The van der Waals surface area contributed by atoms with E-state index in [2.05, 4.69) is 6.92 Å². The van der Waals surface area contributed by atoms with Gasteiger partial charge >= 0.3 is 0 Å². The molecule has 72 heavy (non-hydrogen) atoms. The Balaban J connectivity index is 0.772. The lowest BCUT2D eigenvalue weighted by atomic mass is 9.82. The van der Waals surface area contributed by atoms with Crippen LogP contribution in [0.1, 0.15) is 135 Å². The van der Waals surface area contributed by atoms with E-state index < -0.39 is 23.6 Å². The minimum atomic E-state index is -0.477. The number of imide groups is 4. The second-order valence-electron chi connectivity index (χ2n) is 19.7. The van der Waals surface area contributed by atoms with Crippen molar-refractivity contribution in [2.45, 2.75) is 52.4 Å². The van der Waals surface area contributed by atoms with E-state index in [0.717, 1.165) is 90.3 Å². The summed E-state index contributed by atoms with van der Waals surface area (Å²) in [6, 6.07) is 29.2. The Morgan fingerprint density at radius 2 is 0.431 bits per heavy atom. The van der Waals surface area contributed by atoms with Gasteiger partial charge in [-0.05, 0) is 132 Å². The minimum absolute atomic E-state index is 0.0450. The summed E-state index contributed by atoms with van der Waals surface area (Å²) in [6.07, 6.45) is 4.30. The van der Waals surface area contributed by atoms with E-state index in [-0.39, 0.29) is 43.1 Å². The molecule has 0 spiro atoms. The third-order valence-corrected chi connectivity index (χ3v) is 16.1. The Bertz CT molecular complexity index is 4040. The summed E-state index contributed by atoms with van der Waals surface area (Å²) in [5.41, 5.74) is 3.36. The summed E-state index contributed by atoms with van der Waals surface area (Å²) in [5.74, 6) is -3.13. The highest BCUT2D eigenvalue weighted by Gasteiger charge is 2.40. The van der Waals surface area contributed by atoms with E-state index in [4.69, 9.17) is 0 Å². The van der Waals surface area contributed by atoms with E-state index in [1.807, 2.05) is 55.5 Å². The van der Waals surface area contributed by atoms with Gasteiger partial charge in [-0.25, -0.2) is 0 Å². The standard InChI is InChI=1S/C60H42N4O8/c1-3-5-7-26-62-55(67)39-19-11-31-35-15-23-43-52-44(24-16-36(48(35)52)32-12-20-40(56(62)68)50(39)46(31)32)60(72)64(59(43)71)28-8-27-63-57(69)41-21-13-33-29-9-17-37-49-38(54(66)61(53(37)65)25-6-4-2)18-10-30(45(29)49)34-14-22-42(58(63)70)51(41)47(33)34/h9-24H,3-8,25-28H2,1-2H3. The molecule has 0 N–H and O–H groups in total. The molecular formula is C60H42N4O8. The minimum Gasteiger partial charge on any atom is -0.274 e. The Labute approximate surface area is 410 Å². The van der Waals surface area contributed by atoms with Gasteiger partial charge in [0.2, 0.25) is 0 Å². The topological polar surface area (TPSA) is 150 Å². The van der Waals surface area contributed by atoms with Gasteiger partial charge < -0.3 is 0 Å². The van der Waals surface area contributed by atoms with Crippen LogP contribution in [0.2, 0.25) is 0 Å². The van der Waals surface area contributed by atoms with Crippen LogP contribution < -0.4 is 0 Å². The van der Waals surface area contributed by atoms with Crippen LogP contribution >= 0.6 is 0 Å². The van der Waals surface area contributed by atoms with Gasteiger partial charge in [-0.15, -0.1) is 0 Å². The van der Waals surface area contributed by atoms with Crippen molar-refractivity contribution in [1.82, 2.24) is 19.6 Å². The molecule has 8 amide bonds. The van der Waals surface area contributed by atoms with Crippen LogP contribution in [0.4, 0.5) is 0 Å². The van der Waals surface area contributed by atoms with Gasteiger partial charge in [0, 0.05) is 92.2 Å². The molecule has 4 aliphatic heterocycles. The molecule has 0 radical (unpaired) electrons. The third-order valence-electron chi connectivity index (χ3n) is 16.1. The Kier molecular flexibility index (Phi) is 8.77. The molecule has 0 saturated carbocycles. The number of amides is 8. The molecule has 10 aromatic carbocycles. The van der Waals surface area contributed by atoms with Crippen LogP contribution in [0.5, 0.6) is 0 Å². The molecule has 0 atom stereocenters. The SMILES string of the molecule is CCCCCN1C(=O)c2ccc3c4ccc5c6c(ccc(c7ccc(c2c37)C1=O)c64)C(=O)N(CCCN1C(=O)c2ccc3c4ccc6c7c(ccc(c8ccc(c2c38)C1=O)c74)C(=O)N(CCCC)C6=O)C5=O. The maximum absolute atomic E-state index is 14.5. The number of nitrogens with zero attached hydrogens (tertiary/aromatic N) is 4. The van der Waals surface area contributed by atoms with Crippen molar-refractivity contribution in [1.29, 1.82) is 0 Å². The Morgan fingerprint density at radius 1 is 0.236 bits per heavy atom. The second-order valence-corrected chi connectivity index (χ2v) is 19.7. The molecule has 14 rings (SSSR count). The highest BCUT2D eigenvalue weighted by Crippen LogP contribution is 2.48. The number of carbonyl (C=O) groups excluding carboxylic acids is 8. The molecule has 0 bridgehead atoms. The molecule has 12 nitrogen and oxygen atoms in total. The molecule has 0 unspecified atom stereocenters. The van der Waals surface area contributed by atoms with Gasteiger partial charge in [-0.3, -0.25) is 58.0 Å². The monoisotopic (exact) mass is 946 g/mol. The van der Waals surface area contributed by atoms with Crippen molar-refractivity contribution in [2.75, 3.05) is 26.2 Å². The van der Waals surface area contributed by atoms with Gasteiger partial charge in [0.1, 0.15) is 0 Å². The molecule has 0 aliphatic carbocycles. The molecule has 4 heterocycles. The van der Waals surface area contributed by atoms with Gasteiger partial charge in [0.05, 0.1) is 0 Å². The van der Waals surface area contributed by atoms with Crippen LogP contribution in [-0.2, 0) is 0 Å². The summed E-state index contributed by atoms with van der Waals surface area (Å²) in [7, 11) is 0. The molecule has 0 saturated heterocycles. The number of unbranched alkanes of at least 4 members (excludes halogenated alkanes) is 3. The zero-order valence-electron chi connectivity index (χ0n) is 39.4. The first-order valence-corrected chi connectivity index (χ1v) is 24.9. The summed E-state index contributed by atoms with van der Waals surface area (Å²) in [4.78, 5) is 118. The molecule has 12 heteroatoms. The lowest BCUT2D eigenvalue weighted by Gasteiger charge is -2.31. The summed E-state index contributed by atoms with van der Waals surface area (Å²) < 4.78 is 0. The van der Waals surface area contributed by atoms with Crippen LogP contribution in [0.25, 0.3) is 86.2 Å². The first-order valence-electron chi connectivity index (χ1n) is 24.9. The zero-order chi connectivity index (χ0) is 49.2. The third kappa shape index (κ3) is 5.25. The fraction of sp³-hybridized carbons (Fsp3) is 0.200. The lowest BCUT2D eigenvalue weighted by molar-refractivity contribution is 0.0565. The van der Waals surface area contributed by atoms with Crippen molar-refractivity contribution >= 4 is 133 Å². The van der Waals surface area contributed by atoms with Crippen molar-refractivity contribution in [2.24, 2.45) is 0 Å². The van der Waals surface area contributed by atoms with Crippen molar-refractivity contribution in [3.05, 3.63) is 142 Å². The summed E-state index contributed by atoms with van der Waals surface area (Å²) in [5, 5.41) is 11.9. The number of hydrogen-bond acceptors (Lipinski definition) is 8. The fourth-order valence-corrected chi connectivity index (χ4v) is 12.8. The average molecular weight is 947 g/mol. The highest BCUT2D eigenvalue weighted by molar-refractivity contribution is 6.43. The number of fused-ring (bicyclic) bond motifs is 4. The van der Waals surface area contributed by atoms with Crippen LogP contribution in [-0.4, -0.2) is 93.0 Å². The summed E-state index contributed by atoms with van der Waals surface area (Å²) in [6.45, 7) is 4.71. The van der Waals surface area contributed by atoms with Crippen LogP contribution in [0.3, 0.4) is 0 Å². The summed E-state index contributed by atoms with van der Waals surface area (Å²) >= 11 is 0. The van der Waals surface area contributed by atoms with Crippen LogP contribution in [0, 0.1) is 0 Å². The first kappa shape index (κ1) is 42.3. The van der Waals surface area contributed by atoms with Crippen molar-refractivity contribution < 1.29 is 38.4 Å². The van der Waals surface area contributed by atoms with E-state index in [1.165, 1.54) is 19.6 Å². The second kappa shape index (κ2) is 14.9. The number of benzene rings is 10. The molecule has 0 aromatic heterocycles. The smallest absolute Gasteiger partial charge is 0.261 e. The molecule has 350 valence electrons. The predicted octanol–water partition coefficient (Wildman–Crippen LogP) is 11.3. The maximum Gasteiger partial charge on any atom is 0.261 e. The number of rotatable bonds is 11. The zero-order valence-corrected chi connectivity index (χ0v) is 39.4. The lowest BCUT2D eigenvalue weighted by Crippen LogP contribution is -2.44. The molecule has 10 aromatic rings. The predicted molar refractivity (Wildman–Crippen MR) is 276 cm³/mol. The van der Waals surface area contributed by atoms with Gasteiger partial charge in [0.15, 0.2) is 0 Å². The molecule has 4 aliphatic rings. The Hall–Kier alpha value is -8.64. The van der Waals surface area contributed by atoms with Gasteiger partial charge in [-0.2, -0.15) is 0 Å². The Morgan fingerprint density at radius 3 is 0.639 bits per heavy atom. The number of carbonyl (C=O) groups is 8. The highest BCUT2D eigenvalue weighted by atomic mass is 16.2. The largest absolute Gasteiger partial charge is 0.274 e. The normalized spacial score (nSPS) is 15.8. The van der Waals surface area contributed by atoms with Crippen molar-refractivity contribution in [3.8, 4) is 0 Å². The van der Waals surface area contributed by atoms with E-state index in [0.29, 0.717) is 85.6 Å². The van der Waals surface area contributed by atoms with E-state index in [9.17, 15) is 38.4 Å². The van der Waals surface area contributed by atoms with E-state index >= 15 is 0 Å². The maximum atomic E-state index is 14.5. The average Bonchev–Trinajstić information content (AvgIpc) is 3.40. The van der Waals surface area contributed by atoms with Gasteiger partial charge in [-0.1, -0.05) is 81.6 Å². The van der Waals surface area contributed by atoms with Crippen LogP contribution in [0.15, 0.2) is 97.1 Å². The van der Waals surface area contributed by atoms with Crippen molar-refractivity contribution in [3.63, 3.8) is 0 Å². The first-order chi connectivity index (χ1) is 35.0.